The van der Waals surface area contributed by atoms with Crippen LogP contribution in [0, 0.1) is 0 Å². The van der Waals surface area contributed by atoms with Crippen molar-refractivity contribution in [3.8, 4) is 78.7 Å². The van der Waals surface area contributed by atoms with Crippen LogP contribution in [-0.4, -0.2) is 19.1 Å². The van der Waals surface area contributed by atoms with Crippen LogP contribution in [0.1, 0.15) is 0 Å². The lowest BCUT2D eigenvalue weighted by Gasteiger charge is -2.15. The predicted molar refractivity (Wildman–Crippen MR) is 248 cm³/mol. The van der Waals surface area contributed by atoms with Gasteiger partial charge in [0.1, 0.15) is 5.82 Å². The van der Waals surface area contributed by atoms with Gasteiger partial charge < -0.3 is 4.57 Å². The van der Waals surface area contributed by atoms with Crippen molar-refractivity contribution in [3.63, 3.8) is 0 Å². The second-order valence-electron chi connectivity index (χ2n) is 15.0. The van der Waals surface area contributed by atoms with Gasteiger partial charge in [-0.25, -0.2) is 4.98 Å². The lowest BCUT2D eigenvalue weighted by atomic mass is 9.97. The largest absolute Gasteiger partial charge is 0.309 e. The van der Waals surface area contributed by atoms with Crippen molar-refractivity contribution in [2.24, 2.45) is 0 Å². The molecule has 4 heterocycles. The maximum atomic E-state index is 4.98. The Balaban J connectivity index is 1.24. The lowest BCUT2D eigenvalue weighted by molar-refractivity contribution is 1.05. The summed E-state index contributed by atoms with van der Waals surface area (Å²) in [5.74, 6) is 0.859. The third-order valence-corrected chi connectivity index (χ3v) is 11.4. The van der Waals surface area contributed by atoms with Gasteiger partial charge in [0.2, 0.25) is 0 Å². The molecule has 0 amide bonds. The van der Waals surface area contributed by atoms with E-state index >= 15 is 0 Å². The third kappa shape index (κ3) is 6.10. The molecule has 0 saturated heterocycles. The first-order valence-corrected chi connectivity index (χ1v) is 20.3. The summed E-state index contributed by atoms with van der Waals surface area (Å²) in [5, 5.41) is 2.32. The molecule has 0 saturated carbocycles. The summed E-state index contributed by atoms with van der Waals surface area (Å²) in [4.78, 5) is 9.90. The zero-order valence-electron chi connectivity index (χ0n) is 32.7. The topological polar surface area (TPSA) is 35.6 Å². The van der Waals surface area contributed by atoms with Crippen molar-refractivity contribution in [1.82, 2.24) is 19.1 Å². The predicted octanol–water partition coefficient (Wildman–Crippen LogP) is 14.4. The van der Waals surface area contributed by atoms with Gasteiger partial charge in [0, 0.05) is 45.5 Å². The van der Waals surface area contributed by atoms with E-state index in [0.717, 1.165) is 89.3 Å². The van der Waals surface area contributed by atoms with Crippen LogP contribution in [0.5, 0.6) is 0 Å². The highest BCUT2D eigenvalue weighted by Gasteiger charge is 2.26. The molecule has 4 aromatic heterocycles. The van der Waals surface area contributed by atoms with Gasteiger partial charge >= 0.3 is 0 Å². The average Bonchev–Trinajstić information content (AvgIpc) is 3.86. The van der Waals surface area contributed by atoms with Crippen molar-refractivity contribution >= 4 is 21.8 Å². The van der Waals surface area contributed by atoms with Crippen molar-refractivity contribution < 1.29 is 0 Å². The van der Waals surface area contributed by atoms with Gasteiger partial charge in [-0.2, -0.15) is 0 Å². The van der Waals surface area contributed by atoms with Gasteiger partial charge in [-0.3, -0.25) is 9.55 Å². The van der Waals surface area contributed by atoms with Crippen molar-refractivity contribution in [2.75, 3.05) is 0 Å². The number of benzene rings is 7. The van der Waals surface area contributed by atoms with E-state index in [1.54, 1.807) is 0 Å². The van der Waals surface area contributed by atoms with E-state index in [4.69, 9.17) is 9.97 Å². The lowest BCUT2D eigenvalue weighted by Crippen LogP contribution is -2.01. The molecule has 0 bridgehead atoms. The molecule has 0 aliphatic rings. The summed E-state index contributed by atoms with van der Waals surface area (Å²) in [6, 6.07) is 77.7. The molecule has 11 rings (SSSR count). The van der Waals surface area contributed by atoms with E-state index in [1.165, 1.54) is 11.1 Å². The van der Waals surface area contributed by atoms with E-state index < -0.39 is 0 Å². The molecular weight excluding hydrogens is 729 g/mol. The van der Waals surface area contributed by atoms with Crippen LogP contribution in [0.15, 0.2) is 231 Å². The minimum Gasteiger partial charge on any atom is -0.309 e. The first kappa shape index (κ1) is 35.1. The van der Waals surface area contributed by atoms with Crippen molar-refractivity contribution in [1.29, 1.82) is 0 Å². The zero-order valence-corrected chi connectivity index (χ0v) is 32.7. The number of rotatable bonds is 8. The summed E-state index contributed by atoms with van der Waals surface area (Å²) >= 11 is 0. The Morgan fingerprint density at radius 1 is 0.300 bits per heavy atom. The Morgan fingerprint density at radius 3 is 1.37 bits per heavy atom. The SMILES string of the molecule is c1ccc(-c2ccnc(-c3ccc4c(-c5ccccc5)c(-c5ccccc5)n(-c5ccc6c(-c7ccccc7)c(-c7ccccc7)n(-c7ccccn7)c6c5)c4c3)c2)cc1. The number of pyridine rings is 2. The number of aromatic nitrogens is 4. The second kappa shape index (κ2) is 15.0. The molecule has 7 aromatic carbocycles. The van der Waals surface area contributed by atoms with Gasteiger partial charge in [-0.15, -0.1) is 0 Å². The maximum Gasteiger partial charge on any atom is 0.137 e. The Bertz CT molecular complexity index is 3260. The minimum absolute atomic E-state index is 0.859. The van der Waals surface area contributed by atoms with Gasteiger partial charge in [0.15, 0.2) is 0 Å². The molecule has 0 atom stereocenters. The van der Waals surface area contributed by atoms with E-state index in [0.29, 0.717) is 0 Å². The third-order valence-electron chi connectivity index (χ3n) is 11.4. The van der Waals surface area contributed by atoms with Gasteiger partial charge in [-0.1, -0.05) is 176 Å². The molecule has 60 heavy (non-hydrogen) atoms. The monoisotopic (exact) mass is 766 g/mol. The molecule has 0 unspecified atom stereocenters. The Labute approximate surface area is 349 Å². The second-order valence-corrected chi connectivity index (χ2v) is 15.0. The van der Waals surface area contributed by atoms with Crippen molar-refractivity contribution in [2.45, 2.75) is 0 Å². The molecule has 0 aliphatic carbocycles. The summed E-state index contributed by atoms with van der Waals surface area (Å²) in [6.07, 6.45) is 3.80. The number of fused-ring (bicyclic) bond motifs is 2. The highest BCUT2D eigenvalue weighted by Crippen LogP contribution is 2.47. The van der Waals surface area contributed by atoms with Gasteiger partial charge in [0.25, 0.3) is 0 Å². The zero-order chi connectivity index (χ0) is 39.8. The van der Waals surface area contributed by atoms with Crippen LogP contribution in [0.25, 0.3) is 100 Å². The van der Waals surface area contributed by atoms with Crippen LogP contribution in [0.2, 0.25) is 0 Å². The summed E-state index contributed by atoms with van der Waals surface area (Å²) in [6.45, 7) is 0. The van der Waals surface area contributed by atoms with E-state index in [2.05, 4.69) is 221 Å². The summed E-state index contributed by atoms with van der Waals surface area (Å²) < 4.78 is 4.80. The molecule has 282 valence electrons. The van der Waals surface area contributed by atoms with E-state index in [9.17, 15) is 0 Å². The van der Waals surface area contributed by atoms with Gasteiger partial charge in [0.05, 0.1) is 28.1 Å². The molecule has 11 aromatic rings. The highest BCUT2D eigenvalue weighted by atomic mass is 15.1. The number of hydrogen-bond donors (Lipinski definition) is 0. The molecule has 4 heteroatoms. The maximum absolute atomic E-state index is 4.98. The molecular formula is C56H38N4. The fraction of sp³-hybridized carbons (Fsp3) is 0. The van der Waals surface area contributed by atoms with E-state index in [1.807, 2.05) is 18.5 Å². The Morgan fingerprint density at radius 2 is 0.800 bits per heavy atom. The summed E-state index contributed by atoms with van der Waals surface area (Å²) in [5.41, 5.74) is 16.6. The van der Waals surface area contributed by atoms with Gasteiger partial charge in [-0.05, 0) is 75.8 Å². The Kier molecular flexibility index (Phi) is 8.79. The molecule has 0 N–H and O–H groups in total. The number of hydrogen-bond acceptors (Lipinski definition) is 2. The standard InChI is InChI=1S/C56H38N4/c1-6-18-39(19-7-1)44-33-35-57-49(36-44)45-29-31-47-50(37-45)59(55(42-24-12-4-13-25-42)53(47)40-20-8-2-9-21-40)46-30-32-48-51(38-46)60(52-28-16-17-34-58-52)56(43-26-14-5-15-27-43)54(48)41-22-10-3-11-23-41/h1-38H. The minimum atomic E-state index is 0.859. The summed E-state index contributed by atoms with van der Waals surface area (Å²) in [7, 11) is 0. The quantitative estimate of drug-likeness (QED) is 0.154. The molecule has 0 spiro atoms. The fourth-order valence-electron chi connectivity index (χ4n) is 8.79. The molecule has 0 radical (unpaired) electrons. The van der Waals surface area contributed by atoms with Crippen LogP contribution in [0.3, 0.4) is 0 Å². The van der Waals surface area contributed by atoms with Crippen LogP contribution in [-0.2, 0) is 0 Å². The molecule has 0 aliphatic heterocycles. The first-order valence-electron chi connectivity index (χ1n) is 20.3. The highest BCUT2D eigenvalue weighted by molar-refractivity contribution is 6.09. The fourth-order valence-corrected chi connectivity index (χ4v) is 8.79. The van der Waals surface area contributed by atoms with Crippen LogP contribution >= 0.6 is 0 Å². The normalized spacial score (nSPS) is 11.3. The molecule has 0 fully saturated rings. The van der Waals surface area contributed by atoms with E-state index in [-0.39, 0.29) is 0 Å². The number of nitrogens with zero attached hydrogens (tertiary/aromatic N) is 4. The van der Waals surface area contributed by atoms with Crippen LogP contribution in [0.4, 0.5) is 0 Å². The van der Waals surface area contributed by atoms with Crippen LogP contribution < -0.4 is 0 Å². The Hall–Kier alpha value is -8.08. The van der Waals surface area contributed by atoms with Crippen molar-refractivity contribution in [3.05, 3.63) is 231 Å². The average molecular weight is 767 g/mol. The smallest absolute Gasteiger partial charge is 0.137 e. The molecule has 4 nitrogen and oxygen atoms in total. The first-order chi connectivity index (χ1) is 29.8.